The van der Waals surface area contributed by atoms with Crippen LogP contribution in [0.5, 0.6) is 5.75 Å². The molecule has 2 aromatic carbocycles. The number of aliphatic hydroxyl groups is 1. The number of hydrogen-bond donors (Lipinski definition) is 1. The van der Waals surface area contributed by atoms with Crippen LogP contribution in [0, 0.1) is 0 Å². The minimum atomic E-state index is -0.788. The van der Waals surface area contributed by atoms with Gasteiger partial charge < -0.3 is 23.9 Å². The molecule has 166 valence electrons. The molecule has 1 aliphatic heterocycles. The average molecular weight is 435 g/mol. The maximum absolute atomic E-state index is 13.5. The highest BCUT2D eigenvalue weighted by Gasteiger charge is 2.44. The Morgan fingerprint density at radius 1 is 1.12 bits per heavy atom. The largest absolute Gasteiger partial charge is 0.503 e. The van der Waals surface area contributed by atoms with Gasteiger partial charge in [0.2, 0.25) is 5.78 Å². The molecule has 4 rings (SSSR count). The van der Waals surface area contributed by atoms with Gasteiger partial charge in [-0.2, -0.15) is 0 Å². The van der Waals surface area contributed by atoms with E-state index < -0.39 is 23.5 Å². The number of benzene rings is 2. The fourth-order valence-electron chi connectivity index (χ4n) is 3.87. The van der Waals surface area contributed by atoms with Gasteiger partial charge in [0.25, 0.3) is 5.91 Å². The van der Waals surface area contributed by atoms with Crippen molar-refractivity contribution in [3.8, 4) is 5.75 Å². The second-order valence-corrected chi connectivity index (χ2v) is 7.55. The SMILES string of the molecule is CCCOc1cccc(C2C(C(=O)c3cc4ccccc4o3)=C(O)C(=O)N2CCOC)c1. The van der Waals surface area contributed by atoms with Crippen LogP contribution in [-0.2, 0) is 9.53 Å². The normalized spacial score (nSPS) is 16.2. The fourth-order valence-corrected chi connectivity index (χ4v) is 3.87. The summed E-state index contributed by atoms with van der Waals surface area (Å²) >= 11 is 0. The van der Waals surface area contributed by atoms with Crippen LogP contribution in [0.2, 0.25) is 0 Å². The summed E-state index contributed by atoms with van der Waals surface area (Å²) in [7, 11) is 1.53. The topological polar surface area (TPSA) is 89.2 Å². The number of carbonyl (C=O) groups excluding carboxylic acids is 2. The highest BCUT2D eigenvalue weighted by atomic mass is 16.5. The monoisotopic (exact) mass is 435 g/mol. The van der Waals surface area contributed by atoms with Crippen LogP contribution in [-0.4, -0.2) is 48.6 Å². The summed E-state index contributed by atoms with van der Waals surface area (Å²) in [6, 6.07) is 15.3. The maximum Gasteiger partial charge on any atom is 0.290 e. The molecule has 0 spiro atoms. The third kappa shape index (κ3) is 3.99. The molecular weight excluding hydrogens is 410 g/mol. The van der Waals surface area contributed by atoms with Gasteiger partial charge >= 0.3 is 0 Å². The summed E-state index contributed by atoms with van der Waals surface area (Å²) in [5, 5.41) is 11.5. The molecule has 32 heavy (non-hydrogen) atoms. The number of fused-ring (bicyclic) bond motifs is 1. The van der Waals surface area contributed by atoms with Crippen molar-refractivity contribution in [2.24, 2.45) is 0 Å². The van der Waals surface area contributed by atoms with Crippen molar-refractivity contribution in [1.29, 1.82) is 0 Å². The van der Waals surface area contributed by atoms with Crippen LogP contribution < -0.4 is 4.74 Å². The molecule has 1 aromatic heterocycles. The van der Waals surface area contributed by atoms with E-state index in [0.717, 1.165) is 11.8 Å². The number of amides is 1. The Morgan fingerprint density at radius 2 is 1.94 bits per heavy atom. The van der Waals surface area contributed by atoms with E-state index in [-0.39, 0.29) is 24.5 Å². The van der Waals surface area contributed by atoms with Gasteiger partial charge in [-0.05, 0) is 36.2 Å². The van der Waals surface area contributed by atoms with Gasteiger partial charge in [0, 0.05) is 19.0 Å². The van der Waals surface area contributed by atoms with Crippen molar-refractivity contribution >= 4 is 22.7 Å². The Hall–Kier alpha value is -3.58. The summed E-state index contributed by atoms with van der Waals surface area (Å²) in [6.45, 7) is 3.03. The second-order valence-electron chi connectivity index (χ2n) is 7.55. The zero-order valence-corrected chi connectivity index (χ0v) is 18.0. The minimum absolute atomic E-state index is 0.0159. The number of methoxy groups -OCH3 is 1. The average Bonchev–Trinajstić information content (AvgIpc) is 3.35. The van der Waals surface area contributed by atoms with Gasteiger partial charge in [0.05, 0.1) is 24.8 Å². The van der Waals surface area contributed by atoms with Gasteiger partial charge in [-0.1, -0.05) is 37.3 Å². The fraction of sp³-hybridized carbons (Fsp3) is 0.280. The number of nitrogens with zero attached hydrogens (tertiary/aromatic N) is 1. The number of rotatable bonds is 9. The Balaban J connectivity index is 1.77. The number of Topliss-reactive ketones (excluding diaryl/α,β-unsaturated/α-hetero) is 1. The quantitative estimate of drug-likeness (QED) is 0.500. The summed E-state index contributed by atoms with van der Waals surface area (Å²) in [4.78, 5) is 27.8. The molecule has 0 saturated carbocycles. The van der Waals surface area contributed by atoms with Crippen molar-refractivity contribution in [3.05, 3.63) is 77.3 Å². The van der Waals surface area contributed by atoms with Crippen molar-refractivity contribution in [3.63, 3.8) is 0 Å². The summed E-state index contributed by atoms with van der Waals surface area (Å²) < 4.78 is 16.6. The molecule has 2 heterocycles. The summed E-state index contributed by atoms with van der Waals surface area (Å²) in [6.07, 6.45) is 0.850. The maximum atomic E-state index is 13.5. The molecular formula is C25H25NO6. The molecule has 0 fully saturated rings. The van der Waals surface area contributed by atoms with Crippen LogP contribution in [0.25, 0.3) is 11.0 Å². The molecule has 1 N–H and O–H groups in total. The molecule has 1 unspecified atom stereocenters. The van der Waals surface area contributed by atoms with Gasteiger partial charge in [-0.15, -0.1) is 0 Å². The zero-order valence-electron chi connectivity index (χ0n) is 18.0. The van der Waals surface area contributed by atoms with Crippen molar-refractivity contribution in [2.75, 3.05) is 26.9 Å². The van der Waals surface area contributed by atoms with Crippen molar-refractivity contribution in [1.82, 2.24) is 4.90 Å². The summed E-state index contributed by atoms with van der Waals surface area (Å²) in [5.74, 6) is -1.03. The first-order valence-corrected chi connectivity index (χ1v) is 10.5. The van der Waals surface area contributed by atoms with E-state index in [1.807, 2.05) is 31.2 Å². The van der Waals surface area contributed by atoms with E-state index in [9.17, 15) is 14.7 Å². The van der Waals surface area contributed by atoms with Crippen molar-refractivity contribution in [2.45, 2.75) is 19.4 Å². The van der Waals surface area contributed by atoms with E-state index >= 15 is 0 Å². The van der Waals surface area contributed by atoms with Gasteiger partial charge in [0.15, 0.2) is 11.5 Å². The number of hydrogen-bond acceptors (Lipinski definition) is 6. The number of furan rings is 1. The lowest BCUT2D eigenvalue weighted by Gasteiger charge is -2.26. The molecule has 3 aromatic rings. The molecule has 1 atom stereocenters. The smallest absolute Gasteiger partial charge is 0.290 e. The van der Waals surface area contributed by atoms with E-state index in [1.165, 1.54) is 12.0 Å². The Morgan fingerprint density at radius 3 is 2.69 bits per heavy atom. The lowest BCUT2D eigenvalue weighted by molar-refractivity contribution is -0.130. The lowest BCUT2D eigenvalue weighted by Crippen LogP contribution is -2.34. The molecule has 7 nitrogen and oxygen atoms in total. The van der Waals surface area contributed by atoms with Crippen LogP contribution >= 0.6 is 0 Å². The zero-order chi connectivity index (χ0) is 22.7. The lowest BCUT2D eigenvalue weighted by atomic mass is 9.95. The first-order valence-electron chi connectivity index (χ1n) is 10.5. The molecule has 1 amide bonds. The standard InChI is InChI=1S/C25H25NO6/c1-3-12-31-18-9-6-8-17(14-18)22-21(24(28)25(29)26(22)11-13-30-2)23(27)20-15-16-7-4-5-10-19(16)32-20/h4-10,14-15,22,28H,3,11-13H2,1-2H3. The number of para-hydroxylation sites is 1. The molecule has 0 radical (unpaired) electrons. The third-order valence-electron chi connectivity index (χ3n) is 5.38. The van der Waals surface area contributed by atoms with Crippen molar-refractivity contribution < 1.29 is 28.6 Å². The number of ketones is 1. The highest BCUT2D eigenvalue weighted by Crippen LogP contribution is 2.40. The molecule has 1 aliphatic rings. The van der Waals surface area contributed by atoms with E-state index in [0.29, 0.717) is 23.5 Å². The predicted molar refractivity (Wildman–Crippen MR) is 119 cm³/mol. The first kappa shape index (κ1) is 21.6. The first-order chi connectivity index (χ1) is 15.5. The van der Waals surface area contributed by atoms with Crippen LogP contribution in [0.1, 0.15) is 35.5 Å². The number of aliphatic hydroxyl groups excluding tert-OH is 1. The molecule has 0 bridgehead atoms. The second kappa shape index (κ2) is 9.28. The molecule has 0 aliphatic carbocycles. The van der Waals surface area contributed by atoms with Crippen LogP contribution in [0.4, 0.5) is 0 Å². The van der Waals surface area contributed by atoms with E-state index in [1.54, 1.807) is 30.3 Å². The number of ether oxygens (including phenoxy) is 2. The predicted octanol–water partition coefficient (Wildman–Crippen LogP) is 4.45. The van der Waals surface area contributed by atoms with Crippen LogP contribution in [0.3, 0.4) is 0 Å². The van der Waals surface area contributed by atoms with E-state index in [2.05, 4.69) is 0 Å². The third-order valence-corrected chi connectivity index (χ3v) is 5.38. The molecule has 7 heteroatoms. The van der Waals surface area contributed by atoms with Gasteiger partial charge in [0.1, 0.15) is 11.3 Å². The minimum Gasteiger partial charge on any atom is -0.503 e. The Bertz CT molecular complexity index is 1140. The Labute approximate surface area is 185 Å². The number of carbonyl (C=O) groups is 2. The van der Waals surface area contributed by atoms with Gasteiger partial charge in [-0.3, -0.25) is 9.59 Å². The summed E-state index contributed by atoms with van der Waals surface area (Å²) in [5.41, 5.74) is 1.20. The Kier molecular flexibility index (Phi) is 6.28. The van der Waals surface area contributed by atoms with Gasteiger partial charge in [-0.25, -0.2) is 0 Å². The molecule has 0 saturated heterocycles. The van der Waals surface area contributed by atoms with Crippen LogP contribution in [0.15, 0.2) is 70.3 Å². The van der Waals surface area contributed by atoms with E-state index in [4.69, 9.17) is 13.9 Å². The highest BCUT2D eigenvalue weighted by molar-refractivity contribution is 6.16.